The van der Waals surface area contributed by atoms with E-state index in [0.717, 1.165) is 5.69 Å². The van der Waals surface area contributed by atoms with Crippen molar-refractivity contribution in [1.29, 1.82) is 0 Å². The molecule has 3 rings (SSSR count). The van der Waals surface area contributed by atoms with Gasteiger partial charge in [0.15, 0.2) is 17.0 Å². The first-order valence-corrected chi connectivity index (χ1v) is 6.23. The molecule has 0 aliphatic rings. The van der Waals surface area contributed by atoms with Gasteiger partial charge in [0.25, 0.3) is 0 Å². The molecule has 0 unspecified atom stereocenters. The smallest absolute Gasteiger partial charge is 0.183 e. The van der Waals surface area contributed by atoms with Crippen LogP contribution in [0.1, 0.15) is 6.92 Å². The summed E-state index contributed by atoms with van der Waals surface area (Å²) in [5.74, 6) is 0.595. The highest BCUT2D eigenvalue weighted by molar-refractivity contribution is 6.33. The Labute approximate surface area is 114 Å². The summed E-state index contributed by atoms with van der Waals surface area (Å²) in [7, 11) is 0. The third-order valence-corrected chi connectivity index (χ3v) is 3.06. The van der Waals surface area contributed by atoms with E-state index in [2.05, 4.69) is 25.6 Å². The van der Waals surface area contributed by atoms with Gasteiger partial charge in [0, 0.05) is 6.54 Å². The molecule has 0 aliphatic heterocycles. The van der Waals surface area contributed by atoms with Gasteiger partial charge in [0.2, 0.25) is 0 Å². The molecule has 1 N–H and O–H groups in total. The fourth-order valence-electron chi connectivity index (χ4n) is 1.79. The van der Waals surface area contributed by atoms with Gasteiger partial charge in [0.1, 0.15) is 6.33 Å². The lowest BCUT2D eigenvalue weighted by atomic mass is 10.3. The summed E-state index contributed by atoms with van der Waals surface area (Å²) < 4.78 is 1.72. The molecule has 0 saturated carbocycles. The highest BCUT2D eigenvalue weighted by Gasteiger charge is 2.11. The van der Waals surface area contributed by atoms with Crippen LogP contribution >= 0.6 is 11.6 Å². The Morgan fingerprint density at radius 3 is 2.89 bits per heavy atom. The van der Waals surface area contributed by atoms with Gasteiger partial charge in [-0.3, -0.25) is 0 Å². The largest absolute Gasteiger partial charge is 0.337 e. The van der Waals surface area contributed by atoms with Gasteiger partial charge in [-0.15, -0.1) is 5.10 Å². The maximum absolute atomic E-state index is 6.11. The van der Waals surface area contributed by atoms with Crippen LogP contribution in [0.3, 0.4) is 0 Å². The van der Waals surface area contributed by atoms with Crippen molar-refractivity contribution in [3.8, 4) is 0 Å². The second-order valence-corrected chi connectivity index (χ2v) is 4.31. The molecule has 0 fully saturated rings. The number of fused-ring (bicyclic) bond motifs is 1. The van der Waals surface area contributed by atoms with Crippen molar-refractivity contribution >= 4 is 34.3 Å². The van der Waals surface area contributed by atoms with Crippen LogP contribution in [-0.4, -0.2) is 25.0 Å². The summed E-state index contributed by atoms with van der Waals surface area (Å²) >= 11 is 6.11. The Kier molecular flexibility index (Phi) is 3.00. The highest BCUT2D eigenvalue weighted by Crippen LogP contribution is 2.26. The molecule has 96 valence electrons. The zero-order valence-corrected chi connectivity index (χ0v) is 11.0. The minimum atomic E-state index is 0.595. The van der Waals surface area contributed by atoms with E-state index >= 15 is 0 Å². The van der Waals surface area contributed by atoms with Crippen LogP contribution in [0.15, 0.2) is 30.6 Å². The van der Waals surface area contributed by atoms with Gasteiger partial charge < -0.3 is 5.32 Å². The number of aromatic nitrogens is 5. The van der Waals surface area contributed by atoms with Gasteiger partial charge in [0.05, 0.1) is 10.7 Å². The van der Waals surface area contributed by atoms with E-state index in [-0.39, 0.29) is 0 Å². The highest BCUT2D eigenvalue weighted by atomic mass is 35.5. The zero-order chi connectivity index (χ0) is 13.2. The first kappa shape index (κ1) is 11.9. The molecular formula is C12H11ClN6. The molecule has 0 amide bonds. The first-order valence-electron chi connectivity index (χ1n) is 5.85. The number of nitrogens with zero attached hydrogens (tertiary/aromatic N) is 5. The lowest BCUT2D eigenvalue weighted by Crippen LogP contribution is -1.99. The lowest BCUT2D eigenvalue weighted by molar-refractivity contribution is 0.641. The molecule has 0 radical (unpaired) electrons. The van der Waals surface area contributed by atoms with E-state index in [1.807, 2.05) is 31.2 Å². The van der Waals surface area contributed by atoms with Crippen LogP contribution in [0, 0.1) is 0 Å². The van der Waals surface area contributed by atoms with E-state index in [0.29, 0.717) is 28.5 Å². The summed E-state index contributed by atoms with van der Waals surface area (Å²) in [6.07, 6.45) is 1.48. The van der Waals surface area contributed by atoms with Crippen molar-refractivity contribution in [2.24, 2.45) is 0 Å². The normalized spacial score (nSPS) is 10.8. The van der Waals surface area contributed by atoms with Crippen molar-refractivity contribution in [1.82, 2.24) is 25.0 Å². The maximum atomic E-state index is 6.11. The third kappa shape index (κ3) is 2.10. The summed E-state index contributed by atoms with van der Waals surface area (Å²) in [4.78, 5) is 8.38. The van der Waals surface area contributed by atoms with Crippen molar-refractivity contribution < 1.29 is 0 Å². The molecule has 0 saturated heterocycles. The van der Waals surface area contributed by atoms with E-state index in [9.17, 15) is 0 Å². The predicted molar refractivity (Wildman–Crippen MR) is 73.5 cm³/mol. The molecule has 3 aromatic rings. The minimum absolute atomic E-state index is 0.595. The molecule has 1 aromatic carbocycles. The summed E-state index contributed by atoms with van der Waals surface area (Å²) in [5, 5.41) is 11.9. The van der Waals surface area contributed by atoms with Gasteiger partial charge in [-0.25, -0.2) is 14.6 Å². The summed E-state index contributed by atoms with van der Waals surface area (Å²) in [6.45, 7) is 2.69. The second-order valence-electron chi connectivity index (χ2n) is 3.90. The number of halogens is 1. The number of hydrogen-bond donors (Lipinski definition) is 1. The van der Waals surface area contributed by atoms with E-state index in [1.54, 1.807) is 4.68 Å². The Hall–Kier alpha value is -2.21. The molecule has 2 aromatic heterocycles. The fourth-order valence-corrected chi connectivity index (χ4v) is 1.97. The van der Waals surface area contributed by atoms with Crippen molar-refractivity contribution in [2.45, 2.75) is 13.5 Å². The van der Waals surface area contributed by atoms with Gasteiger partial charge in [-0.1, -0.05) is 28.9 Å². The second kappa shape index (κ2) is 4.81. The molecule has 2 heterocycles. The molecule has 0 spiro atoms. The molecule has 0 aliphatic carbocycles. The molecule has 19 heavy (non-hydrogen) atoms. The van der Waals surface area contributed by atoms with Crippen molar-refractivity contribution in [3.05, 3.63) is 35.6 Å². The topological polar surface area (TPSA) is 68.5 Å². The quantitative estimate of drug-likeness (QED) is 0.795. The van der Waals surface area contributed by atoms with E-state index in [4.69, 9.17) is 11.6 Å². The number of rotatable bonds is 3. The number of nitrogens with one attached hydrogen (secondary N) is 1. The average molecular weight is 275 g/mol. The summed E-state index contributed by atoms with van der Waals surface area (Å²) in [6, 6.07) is 7.46. The molecule has 6 nitrogen and oxygen atoms in total. The lowest BCUT2D eigenvalue weighted by Gasteiger charge is -2.07. The molecule has 0 bridgehead atoms. The SMILES string of the molecule is CCn1nnc2c(Nc3ccccc3Cl)ncnc21. The Bertz CT molecular complexity index is 723. The minimum Gasteiger partial charge on any atom is -0.337 e. The van der Waals surface area contributed by atoms with Crippen LogP contribution in [0.4, 0.5) is 11.5 Å². The maximum Gasteiger partial charge on any atom is 0.183 e. The molecule has 0 atom stereocenters. The molecular weight excluding hydrogens is 264 g/mol. The first-order chi connectivity index (χ1) is 9.29. The van der Waals surface area contributed by atoms with Crippen LogP contribution < -0.4 is 5.32 Å². The zero-order valence-electron chi connectivity index (χ0n) is 10.2. The van der Waals surface area contributed by atoms with E-state index in [1.165, 1.54) is 6.33 Å². The number of benzene rings is 1. The number of aryl methyl sites for hydroxylation is 1. The van der Waals surface area contributed by atoms with E-state index < -0.39 is 0 Å². The fraction of sp³-hybridized carbons (Fsp3) is 0.167. The predicted octanol–water partition coefficient (Wildman–Crippen LogP) is 2.64. The Morgan fingerprint density at radius 2 is 2.11 bits per heavy atom. The monoisotopic (exact) mass is 274 g/mol. The van der Waals surface area contributed by atoms with Crippen LogP contribution in [0.5, 0.6) is 0 Å². The van der Waals surface area contributed by atoms with Crippen LogP contribution in [0.2, 0.25) is 5.02 Å². The van der Waals surface area contributed by atoms with Crippen LogP contribution in [-0.2, 0) is 6.54 Å². The average Bonchev–Trinajstić information content (AvgIpc) is 2.85. The van der Waals surface area contributed by atoms with Gasteiger partial charge >= 0.3 is 0 Å². The number of para-hydroxylation sites is 1. The summed E-state index contributed by atoms with van der Waals surface area (Å²) in [5.41, 5.74) is 2.10. The van der Waals surface area contributed by atoms with Gasteiger partial charge in [-0.2, -0.15) is 0 Å². The number of hydrogen-bond acceptors (Lipinski definition) is 5. The number of anilines is 2. The van der Waals surface area contributed by atoms with Crippen molar-refractivity contribution in [2.75, 3.05) is 5.32 Å². The van der Waals surface area contributed by atoms with Gasteiger partial charge in [-0.05, 0) is 19.1 Å². The Morgan fingerprint density at radius 1 is 1.26 bits per heavy atom. The third-order valence-electron chi connectivity index (χ3n) is 2.73. The van der Waals surface area contributed by atoms with Crippen molar-refractivity contribution in [3.63, 3.8) is 0 Å². The Balaban J connectivity index is 2.06. The standard InChI is InChI=1S/C12H11ClN6/c1-2-19-12-10(17-18-19)11(14-7-15-12)16-9-6-4-3-5-8(9)13/h3-7H,2H2,1H3,(H,14,15,16). The van der Waals surface area contributed by atoms with Crippen LogP contribution in [0.25, 0.3) is 11.2 Å². The molecule has 7 heteroatoms.